The smallest absolute Gasteiger partial charge is 0.338 e. The third-order valence-corrected chi connectivity index (χ3v) is 3.15. The Labute approximate surface area is 137 Å². The van der Waals surface area contributed by atoms with Gasteiger partial charge in [0.15, 0.2) is 0 Å². The Morgan fingerprint density at radius 2 is 1.48 bits per heavy atom. The molecule has 0 aromatic heterocycles. The lowest BCUT2D eigenvalue weighted by molar-refractivity contribution is -0.0228. The van der Waals surface area contributed by atoms with Crippen LogP contribution in [-0.2, 0) is 9.47 Å². The van der Waals surface area contributed by atoms with Crippen molar-refractivity contribution in [2.45, 2.75) is 26.1 Å². The average molecular weight is 314 g/mol. The first-order valence-electron chi connectivity index (χ1n) is 7.70. The van der Waals surface area contributed by atoms with Crippen LogP contribution in [0.15, 0.2) is 60.7 Å². The molecule has 0 aliphatic carbocycles. The van der Waals surface area contributed by atoms with Crippen molar-refractivity contribution in [3.63, 3.8) is 0 Å². The predicted octanol–water partition coefficient (Wildman–Crippen LogP) is 3.72. The Hall–Kier alpha value is -2.33. The molecular weight excluding hydrogens is 292 g/mol. The Bertz CT molecular complexity index is 583. The molecule has 0 N–H and O–H groups in total. The minimum atomic E-state index is -0.338. The van der Waals surface area contributed by atoms with Gasteiger partial charge < -0.3 is 14.2 Å². The molecule has 2 aromatic carbocycles. The highest BCUT2D eigenvalue weighted by molar-refractivity contribution is 5.89. The van der Waals surface area contributed by atoms with Gasteiger partial charge in [-0.25, -0.2) is 4.79 Å². The van der Waals surface area contributed by atoms with Crippen molar-refractivity contribution in [3.8, 4) is 5.75 Å². The molecule has 0 heterocycles. The molecule has 0 saturated heterocycles. The van der Waals surface area contributed by atoms with Crippen LogP contribution in [0.4, 0.5) is 0 Å². The molecule has 0 amide bonds. The van der Waals surface area contributed by atoms with Crippen LogP contribution in [0.3, 0.4) is 0 Å². The van der Waals surface area contributed by atoms with Crippen LogP contribution in [0, 0.1) is 0 Å². The van der Waals surface area contributed by atoms with Gasteiger partial charge in [-0.15, -0.1) is 0 Å². The number of carbonyl (C=O) groups excluding carboxylic acids is 1. The van der Waals surface area contributed by atoms with Gasteiger partial charge in [0.25, 0.3) is 0 Å². The van der Waals surface area contributed by atoms with Crippen molar-refractivity contribution in [1.82, 2.24) is 0 Å². The van der Waals surface area contributed by atoms with Crippen LogP contribution < -0.4 is 4.74 Å². The van der Waals surface area contributed by atoms with E-state index < -0.39 is 0 Å². The minimum Gasteiger partial charge on any atom is -0.488 e. The molecule has 2 rings (SSSR count). The maximum absolute atomic E-state index is 11.8. The second kappa shape index (κ2) is 8.96. The van der Waals surface area contributed by atoms with E-state index in [1.807, 2.05) is 50.2 Å². The van der Waals surface area contributed by atoms with Crippen LogP contribution >= 0.6 is 0 Å². The summed E-state index contributed by atoms with van der Waals surface area (Å²) in [5.74, 6) is 0.474. The zero-order chi connectivity index (χ0) is 16.5. The fraction of sp³-hybridized carbons (Fsp3) is 0.316. The molecule has 2 unspecified atom stereocenters. The highest BCUT2D eigenvalue weighted by Gasteiger charge is 2.12. The molecule has 0 saturated carbocycles. The van der Waals surface area contributed by atoms with E-state index in [1.54, 1.807) is 24.3 Å². The van der Waals surface area contributed by atoms with Crippen LogP contribution in [-0.4, -0.2) is 31.4 Å². The third kappa shape index (κ3) is 6.12. The summed E-state index contributed by atoms with van der Waals surface area (Å²) in [4.78, 5) is 11.8. The van der Waals surface area contributed by atoms with Crippen molar-refractivity contribution in [2.75, 3.05) is 13.2 Å². The van der Waals surface area contributed by atoms with Crippen molar-refractivity contribution in [3.05, 3.63) is 66.2 Å². The highest BCUT2D eigenvalue weighted by Crippen LogP contribution is 2.11. The Kier molecular flexibility index (Phi) is 6.63. The lowest BCUT2D eigenvalue weighted by Gasteiger charge is -2.18. The maximum Gasteiger partial charge on any atom is 0.338 e. The van der Waals surface area contributed by atoms with Gasteiger partial charge in [0.1, 0.15) is 18.5 Å². The summed E-state index contributed by atoms with van der Waals surface area (Å²) in [6.07, 6.45) is -0.269. The molecule has 0 aliphatic rings. The summed E-state index contributed by atoms with van der Waals surface area (Å²) in [7, 11) is 0. The number of carbonyl (C=O) groups is 1. The lowest BCUT2D eigenvalue weighted by Crippen LogP contribution is -2.26. The second-order valence-corrected chi connectivity index (χ2v) is 5.35. The molecule has 122 valence electrons. The van der Waals surface area contributed by atoms with Gasteiger partial charge in [0.2, 0.25) is 0 Å². The number of esters is 1. The summed E-state index contributed by atoms with van der Waals surface area (Å²) < 4.78 is 16.6. The fourth-order valence-electron chi connectivity index (χ4n) is 1.96. The van der Waals surface area contributed by atoms with Crippen LogP contribution in [0.5, 0.6) is 5.75 Å². The molecule has 0 spiro atoms. The number of ether oxygens (including phenoxy) is 3. The summed E-state index contributed by atoms with van der Waals surface area (Å²) >= 11 is 0. The van der Waals surface area contributed by atoms with Crippen LogP contribution in [0.25, 0.3) is 0 Å². The molecule has 0 radical (unpaired) electrons. The van der Waals surface area contributed by atoms with Crippen LogP contribution in [0.2, 0.25) is 0 Å². The minimum absolute atomic E-state index is 0.0790. The fourth-order valence-corrected chi connectivity index (χ4v) is 1.96. The van der Waals surface area contributed by atoms with E-state index in [2.05, 4.69) is 0 Å². The number of benzene rings is 2. The molecular formula is C19H22O4. The quantitative estimate of drug-likeness (QED) is 0.697. The summed E-state index contributed by atoms with van der Waals surface area (Å²) in [5, 5.41) is 0. The first-order valence-corrected chi connectivity index (χ1v) is 7.70. The molecule has 0 aliphatic heterocycles. The van der Waals surface area contributed by atoms with Crippen molar-refractivity contribution < 1.29 is 19.0 Å². The van der Waals surface area contributed by atoms with Crippen molar-refractivity contribution in [1.29, 1.82) is 0 Å². The number of rotatable bonds is 8. The monoisotopic (exact) mass is 314 g/mol. The van der Waals surface area contributed by atoms with Gasteiger partial charge in [-0.05, 0) is 38.1 Å². The molecule has 23 heavy (non-hydrogen) atoms. The molecule has 0 fully saturated rings. The van der Waals surface area contributed by atoms with Gasteiger partial charge in [0, 0.05) is 0 Å². The normalized spacial score (nSPS) is 13.1. The van der Waals surface area contributed by atoms with E-state index >= 15 is 0 Å². The predicted molar refractivity (Wildman–Crippen MR) is 88.7 cm³/mol. The number of hydrogen-bond acceptors (Lipinski definition) is 4. The van der Waals surface area contributed by atoms with E-state index in [0.717, 1.165) is 5.75 Å². The van der Waals surface area contributed by atoms with Gasteiger partial charge in [-0.2, -0.15) is 0 Å². The lowest BCUT2D eigenvalue weighted by atomic mass is 10.2. The zero-order valence-corrected chi connectivity index (χ0v) is 13.5. The van der Waals surface area contributed by atoms with E-state index in [0.29, 0.717) is 12.2 Å². The molecule has 4 heteroatoms. The van der Waals surface area contributed by atoms with Crippen molar-refractivity contribution in [2.24, 2.45) is 0 Å². The number of hydrogen-bond donors (Lipinski definition) is 0. The molecule has 2 aromatic rings. The van der Waals surface area contributed by atoms with Crippen LogP contribution in [0.1, 0.15) is 24.2 Å². The molecule has 2 atom stereocenters. The molecule has 4 nitrogen and oxygen atoms in total. The average Bonchev–Trinajstić information content (AvgIpc) is 2.59. The molecule has 0 bridgehead atoms. The van der Waals surface area contributed by atoms with E-state index in [1.165, 1.54) is 0 Å². The van der Waals surface area contributed by atoms with Gasteiger partial charge >= 0.3 is 5.97 Å². The van der Waals surface area contributed by atoms with E-state index in [4.69, 9.17) is 14.2 Å². The largest absolute Gasteiger partial charge is 0.488 e. The Morgan fingerprint density at radius 1 is 0.870 bits per heavy atom. The number of para-hydroxylation sites is 1. The summed E-state index contributed by atoms with van der Waals surface area (Å²) in [6.45, 7) is 4.45. The first kappa shape index (κ1) is 17.0. The zero-order valence-electron chi connectivity index (χ0n) is 13.5. The second-order valence-electron chi connectivity index (χ2n) is 5.35. The van der Waals surface area contributed by atoms with Gasteiger partial charge in [-0.3, -0.25) is 0 Å². The summed E-state index contributed by atoms with van der Waals surface area (Å²) in [5.41, 5.74) is 0.542. The summed E-state index contributed by atoms with van der Waals surface area (Å²) in [6, 6.07) is 18.5. The first-order chi connectivity index (χ1) is 11.1. The topological polar surface area (TPSA) is 44.8 Å². The Morgan fingerprint density at radius 3 is 2.13 bits per heavy atom. The SMILES string of the molecule is CC(COC(=O)c1ccccc1)OCC(C)Oc1ccccc1. The van der Waals surface area contributed by atoms with Crippen molar-refractivity contribution >= 4 is 5.97 Å². The highest BCUT2D eigenvalue weighted by atomic mass is 16.6. The van der Waals surface area contributed by atoms with E-state index in [-0.39, 0.29) is 24.8 Å². The Balaban J connectivity index is 1.66. The van der Waals surface area contributed by atoms with Gasteiger partial charge in [0.05, 0.1) is 18.3 Å². The van der Waals surface area contributed by atoms with Gasteiger partial charge in [-0.1, -0.05) is 36.4 Å². The third-order valence-electron chi connectivity index (χ3n) is 3.15. The maximum atomic E-state index is 11.8. The van der Waals surface area contributed by atoms with E-state index in [9.17, 15) is 4.79 Å². The standard InChI is InChI=1S/C19H22O4/c1-15(13-22-19(20)17-9-5-3-6-10-17)21-14-16(2)23-18-11-7-4-8-12-18/h3-12,15-16H,13-14H2,1-2H3.